The molecule has 0 bridgehead atoms. The van der Waals surface area contributed by atoms with Gasteiger partial charge in [0.25, 0.3) is 0 Å². The van der Waals surface area contributed by atoms with E-state index in [1.807, 2.05) is 12.3 Å². The number of sulfonamides is 1. The van der Waals surface area contributed by atoms with Gasteiger partial charge in [0.05, 0.1) is 4.90 Å². The maximum absolute atomic E-state index is 13.0. The molecular formula is C25H28N4O4S2. The number of benzene rings is 2. The first-order valence-electron chi connectivity index (χ1n) is 11.8. The van der Waals surface area contributed by atoms with Crippen molar-refractivity contribution in [1.82, 2.24) is 14.5 Å². The molecule has 1 amide bonds. The highest BCUT2D eigenvalue weighted by molar-refractivity contribution is 7.98. The van der Waals surface area contributed by atoms with Crippen LogP contribution < -0.4 is 5.32 Å². The number of thioether (sulfide) groups is 1. The van der Waals surface area contributed by atoms with E-state index in [2.05, 4.69) is 27.6 Å². The third-order valence-electron chi connectivity index (χ3n) is 6.77. The van der Waals surface area contributed by atoms with Crippen LogP contribution in [0.25, 0.3) is 11.5 Å². The Morgan fingerprint density at radius 2 is 1.74 bits per heavy atom. The third kappa shape index (κ3) is 5.14. The summed E-state index contributed by atoms with van der Waals surface area (Å²) in [6, 6.07) is 13.1. The Kier molecular flexibility index (Phi) is 6.95. The molecule has 1 aliphatic heterocycles. The van der Waals surface area contributed by atoms with Gasteiger partial charge in [0.2, 0.25) is 21.8 Å². The van der Waals surface area contributed by atoms with Crippen LogP contribution in [-0.2, 0) is 27.7 Å². The fraction of sp³-hybridized carbons (Fsp3) is 0.400. The minimum Gasteiger partial charge on any atom is -0.403 e. The first-order chi connectivity index (χ1) is 16.9. The van der Waals surface area contributed by atoms with Gasteiger partial charge < -0.3 is 4.42 Å². The third-order valence-corrected chi connectivity index (χ3v) is 9.43. The number of aromatic nitrogens is 2. The Balaban J connectivity index is 1.19. The number of nitrogens with one attached hydrogen (secondary N) is 1. The van der Waals surface area contributed by atoms with Crippen molar-refractivity contribution < 1.29 is 17.6 Å². The standard InChI is InChI=1S/C25H28N4O4S2/c1-34-21-8-10-22(11-9-21)35(31,32)29-14-12-18(13-15-29)23(30)26-25-28-27-24(33-25)20-7-6-17-4-2-3-5-19(17)16-20/h6-11,16,18H,2-5,12-15H2,1H3,(H,26,28,30). The molecule has 0 atom stereocenters. The molecule has 2 aromatic carbocycles. The molecule has 2 heterocycles. The molecule has 0 radical (unpaired) electrons. The molecule has 3 aromatic rings. The molecule has 1 aliphatic carbocycles. The Morgan fingerprint density at radius 1 is 1.03 bits per heavy atom. The second-order valence-corrected chi connectivity index (χ2v) is 11.8. The van der Waals surface area contributed by atoms with Crippen molar-refractivity contribution in [3.8, 4) is 11.5 Å². The first-order valence-corrected chi connectivity index (χ1v) is 14.5. The largest absolute Gasteiger partial charge is 0.403 e. The van der Waals surface area contributed by atoms with Gasteiger partial charge in [-0.25, -0.2) is 8.42 Å². The highest BCUT2D eigenvalue weighted by Crippen LogP contribution is 2.29. The van der Waals surface area contributed by atoms with Crippen LogP contribution in [-0.4, -0.2) is 48.2 Å². The van der Waals surface area contributed by atoms with Crippen LogP contribution in [0.5, 0.6) is 0 Å². The van der Waals surface area contributed by atoms with Gasteiger partial charge in [-0.1, -0.05) is 11.2 Å². The van der Waals surface area contributed by atoms with Crippen molar-refractivity contribution in [1.29, 1.82) is 0 Å². The maximum Gasteiger partial charge on any atom is 0.322 e. The Bertz CT molecular complexity index is 1310. The molecule has 0 unspecified atom stereocenters. The Morgan fingerprint density at radius 3 is 2.46 bits per heavy atom. The quantitative estimate of drug-likeness (QED) is 0.489. The number of fused-ring (bicyclic) bond motifs is 1. The predicted octanol–water partition coefficient (Wildman–Crippen LogP) is 4.38. The molecule has 35 heavy (non-hydrogen) atoms. The van der Waals surface area contributed by atoms with Gasteiger partial charge in [-0.05, 0) is 92.3 Å². The number of nitrogens with zero attached hydrogens (tertiary/aromatic N) is 3. The molecule has 0 spiro atoms. The van der Waals surface area contributed by atoms with E-state index in [0.29, 0.717) is 18.7 Å². The highest BCUT2D eigenvalue weighted by Gasteiger charge is 2.32. The molecule has 1 N–H and O–H groups in total. The summed E-state index contributed by atoms with van der Waals surface area (Å²) >= 11 is 1.56. The summed E-state index contributed by atoms with van der Waals surface area (Å²) in [6.07, 6.45) is 7.37. The van der Waals surface area contributed by atoms with Crippen LogP contribution in [0, 0.1) is 5.92 Å². The van der Waals surface area contributed by atoms with Crippen LogP contribution in [0.4, 0.5) is 6.01 Å². The zero-order valence-electron chi connectivity index (χ0n) is 19.6. The minimum absolute atomic E-state index is 0.0617. The number of aryl methyl sites for hydroxylation is 2. The summed E-state index contributed by atoms with van der Waals surface area (Å²) in [5.41, 5.74) is 3.54. The normalized spacial score (nSPS) is 17.2. The average Bonchev–Trinajstić information content (AvgIpc) is 3.37. The lowest BCUT2D eigenvalue weighted by Crippen LogP contribution is -2.41. The van der Waals surface area contributed by atoms with E-state index in [-0.39, 0.29) is 35.8 Å². The summed E-state index contributed by atoms with van der Waals surface area (Å²) in [7, 11) is -3.58. The van der Waals surface area contributed by atoms with E-state index in [0.717, 1.165) is 23.3 Å². The van der Waals surface area contributed by atoms with Gasteiger partial charge >= 0.3 is 6.01 Å². The van der Waals surface area contributed by atoms with Gasteiger partial charge in [0.15, 0.2) is 0 Å². The monoisotopic (exact) mass is 512 g/mol. The van der Waals surface area contributed by atoms with E-state index < -0.39 is 10.0 Å². The van der Waals surface area contributed by atoms with Crippen molar-refractivity contribution >= 4 is 33.7 Å². The number of hydrogen-bond acceptors (Lipinski definition) is 7. The smallest absolute Gasteiger partial charge is 0.322 e. The second kappa shape index (κ2) is 10.1. The number of carbonyl (C=O) groups excluding carboxylic acids is 1. The summed E-state index contributed by atoms with van der Waals surface area (Å²) in [5, 5.41) is 10.8. The first kappa shape index (κ1) is 24.0. The van der Waals surface area contributed by atoms with E-state index in [1.54, 1.807) is 36.0 Å². The predicted molar refractivity (Wildman–Crippen MR) is 135 cm³/mol. The number of amides is 1. The second-order valence-electron chi connectivity index (χ2n) is 8.95. The SMILES string of the molecule is CSc1ccc(S(=O)(=O)N2CCC(C(=O)Nc3nnc(-c4ccc5c(c4)CCCC5)o3)CC2)cc1. The van der Waals surface area contributed by atoms with Crippen LogP contribution >= 0.6 is 11.8 Å². The van der Waals surface area contributed by atoms with E-state index >= 15 is 0 Å². The van der Waals surface area contributed by atoms with Crippen LogP contribution in [0.1, 0.15) is 36.8 Å². The maximum atomic E-state index is 13.0. The fourth-order valence-electron chi connectivity index (χ4n) is 4.72. The van der Waals surface area contributed by atoms with Gasteiger partial charge in [-0.3, -0.25) is 10.1 Å². The highest BCUT2D eigenvalue weighted by atomic mass is 32.2. The van der Waals surface area contributed by atoms with Crippen molar-refractivity contribution in [3.63, 3.8) is 0 Å². The van der Waals surface area contributed by atoms with E-state index in [9.17, 15) is 13.2 Å². The lowest BCUT2D eigenvalue weighted by molar-refractivity contribution is -0.121. The average molecular weight is 513 g/mol. The fourth-order valence-corrected chi connectivity index (χ4v) is 6.60. The topological polar surface area (TPSA) is 105 Å². The number of anilines is 1. The number of rotatable bonds is 6. The van der Waals surface area contributed by atoms with Crippen molar-refractivity contribution in [2.45, 2.75) is 48.3 Å². The molecule has 8 nitrogen and oxygen atoms in total. The van der Waals surface area contributed by atoms with E-state index in [1.165, 1.54) is 28.3 Å². The number of hydrogen-bond donors (Lipinski definition) is 1. The summed E-state index contributed by atoms with van der Waals surface area (Å²) in [5.74, 6) is -0.173. The Labute approximate surface area is 209 Å². The van der Waals surface area contributed by atoms with Gasteiger partial charge in [0, 0.05) is 29.5 Å². The number of carbonyl (C=O) groups is 1. The van der Waals surface area contributed by atoms with Crippen molar-refractivity contribution in [2.75, 3.05) is 24.7 Å². The molecule has 184 valence electrons. The molecule has 5 rings (SSSR count). The lowest BCUT2D eigenvalue weighted by atomic mass is 9.90. The van der Waals surface area contributed by atoms with Crippen LogP contribution in [0.2, 0.25) is 0 Å². The molecule has 0 saturated carbocycles. The Hall–Kier alpha value is -2.69. The van der Waals surface area contributed by atoms with Crippen LogP contribution in [0.15, 0.2) is 56.7 Å². The summed E-state index contributed by atoms with van der Waals surface area (Å²) < 4.78 is 33.1. The lowest BCUT2D eigenvalue weighted by Gasteiger charge is -2.30. The van der Waals surface area contributed by atoms with Crippen molar-refractivity contribution in [2.24, 2.45) is 5.92 Å². The molecular weight excluding hydrogens is 484 g/mol. The molecule has 1 fully saturated rings. The zero-order chi connectivity index (χ0) is 24.4. The molecule has 1 saturated heterocycles. The number of piperidine rings is 1. The van der Waals surface area contributed by atoms with Gasteiger partial charge in [-0.15, -0.1) is 16.9 Å². The molecule has 10 heteroatoms. The molecule has 1 aromatic heterocycles. The van der Waals surface area contributed by atoms with Gasteiger partial charge in [-0.2, -0.15) is 4.31 Å². The summed E-state index contributed by atoms with van der Waals surface area (Å²) in [6.45, 7) is 0.573. The summed E-state index contributed by atoms with van der Waals surface area (Å²) in [4.78, 5) is 14.1. The van der Waals surface area contributed by atoms with Crippen molar-refractivity contribution in [3.05, 3.63) is 53.6 Å². The minimum atomic E-state index is -3.58. The zero-order valence-corrected chi connectivity index (χ0v) is 21.2. The van der Waals surface area contributed by atoms with Crippen LogP contribution in [0.3, 0.4) is 0 Å². The molecule has 2 aliphatic rings. The van der Waals surface area contributed by atoms with Gasteiger partial charge in [0.1, 0.15) is 0 Å². The van der Waals surface area contributed by atoms with E-state index in [4.69, 9.17) is 4.42 Å².